The van der Waals surface area contributed by atoms with E-state index in [0.717, 1.165) is 12.1 Å². The molecule has 4 nitrogen and oxygen atoms in total. The second-order valence-electron chi connectivity index (χ2n) is 4.69. The third-order valence-corrected chi connectivity index (χ3v) is 3.93. The molecule has 0 aliphatic heterocycles. The molecule has 0 aromatic heterocycles. The summed E-state index contributed by atoms with van der Waals surface area (Å²) in [7, 11) is -6.81. The van der Waals surface area contributed by atoms with Crippen molar-refractivity contribution in [1.29, 1.82) is 0 Å². The second-order valence-corrected chi connectivity index (χ2v) is 6.16. The summed E-state index contributed by atoms with van der Waals surface area (Å²) in [6, 6.07) is 9.01. The van der Waals surface area contributed by atoms with Crippen molar-refractivity contribution in [1.82, 2.24) is 0 Å². The summed E-state index contributed by atoms with van der Waals surface area (Å²) < 4.78 is 112. The molecule has 0 aliphatic carbocycles. The molecule has 1 N–H and O–H groups in total. The maximum Gasteiger partial charge on any atom is 0.472 e. The smallest absolute Gasteiger partial charge is 0.428 e. The third-order valence-electron chi connectivity index (χ3n) is 3.02. The molecule has 0 saturated carbocycles. The molecule has 0 aliphatic rings. The van der Waals surface area contributed by atoms with Crippen molar-refractivity contribution in [3.05, 3.63) is 42.5 Å². The van der Waals surface area contributed by atoms with Gasteiger partial charge in [-0.2, -0.15) is 34.8 Å². The first kappa shape index (κ1) is 18.3. The predicted molar refractivity (Wildman–Crippen MR) is 71.0 cm³/mol. The van der Waals surface area contributed by atoms with Crippen LogP contribution in [0, 0.1) is 0 Å². The number of alkyl halides is 6. The Bertz CT molecular complexity index is 866. The van der Waals surface area contributed by atoms with Gasteiger partial charge in [-0.15, -0.1) is 0 Å². The number of halogens is 6. The van der Waals surface area contributed by atoms with Gasteiger partial charge < -0.3 is 4.74 Å². The summed E-state index contributed by atoms with van der Waals surface area (Å²) >= 11 is 0. The minimum absolute atomic E-state index is 0.288. The van der Waals surface area contributed by atoms with Gasteiger partial charge in [0.1, 0.15) is 5.75 Å². The Morgan fingerprint density at radius 3 is 1.96 bits per heavy atom. The first-order chi connectivity index (χ1) is 10.8. The lowest BCUT2D eigenvalue weighted by atomic mass is 10.1. The van der Waals surface area contributed by atoms with E-state index < -0.39 is 33.2 Å². The molecule has 0 unspecified atom stereocenters. The van der Waals surface area contributed by atoms with Crippen LogP contribution < -0.4 is 4.74 Å². The zero-order chi connectivity index (χ0) is 18.4. The average Bonchev–Trinajstić information content (AvgIpc) is 2.45. The van der Waals surface area contributed by atoms with E-state index in [0.29, 0.717) is 5.39 Å². The molecule has 0 radical (unpaired) electrons. The molecule has 0 heterocycles. The van der Waals surface area contributed by atoms with Gasteiger partial charge in [0.25, 0.3) is 0 Å². The van der Waals surface area contributed by atoms with Crippen molar-refractivity contribution >= 4 is 20.9 Å². The van der Waals surface area contributed by atoms with Crippen LogP contribution in [0.25, 0.3) is 10.8 Å². The molecule has 11 heteroatoms. The minimum Gasteiger partial charge on any atom is -0.428 e. The van der Waals surface area contributed by atoms with Crippen LogP contribution in [0.4, 0.5) is 26.3 Å². The molecular formula is C13H8F6O4S. The number of ether oxygens (including phenoxy) is 1. The van der Waals surface area contributed by atoms with Gasteiger partial charge in [0, 0.05) is 0 Å². The van der Waals surface area contributed by atoms with Crippen molar-refractivity contribution in [2.45, 2.75) is 17.3 Å². The Hall–Kier alpha value is -2.01. The highest BCUT2D eigenvalue weighted by Gasteiger charge is 2.79. The van der Waals surface area contributed by atoms with E-state index in [1.54, 1.807) is 12.1 Å². The van der Waals surface area contributed by atoms with Gasteiger partial charge in [-0.3, -0.25) is 4.55 Å². The molecule has 0 saturated heterocycles. The molecule has 0 bridgehead atoms. The molecule has 0 atom stereocenters. The third kappa shape index (κ3) is 2.88. The van der Waals surface area contributed by atoms with E-state index in [9.17, 15) is 34.8 Å². The van der Waals surface area contributed by atoms with Crippen LogP contribution in [0.1, 0.15) is 0 Å². The number of hydrogen-bond donors (Lipinski definition) is 1. The molecule has 0 fully saturated rings. The monoisotopic (exact) mass is 374 g/mol. The Morgan fingerprint density at radius 2 is 1.42 bits per heavy atom. The Balaban J connectivity index is 2.41. The van der Waals surface area contributed by atoms with Gasteiger partial charge >= 0.3 is 27.4 Å². The molecule has 2 aromatic carbocycles. The van der Waals surface area contributed by atoms with E-state index in [-0.39, 0.29) is 5.39 Å². The first-order valence-corrected chi connectivity index (χ1v) is 7.52. The fraction of sp³-hybridized carbons (Fsp3) is 0.231. The molecular weight excluding hydrogens is 366 g/mol. The van der Waals surface area contributed by atoms with E-state index >= 15 is 0 Å². The van der Waals surface area contributed by atoms with Gasteiger partial charge in [0.2, 0.25) is 0 Å². The maximum absolute atomic E-state index is 13.5. The number of benzene rings is 2. The summed E-state index contributed by atoms with van der Waals surface area (Å²) in [5.74, 6) is -7.43. The summed E-state index contributed by atoms with van der Waals surface area (Å²) in [4.78, 5) is 0. The highest BCUT2D eigenvalue weighted by atomic mass is 32.2. The zero-order valence-corrected chi connectivity index (χ0v) is 12.2. The van der Waals surface area contributed by atoms with E-state index in [1.165, 1.54) is 18.2 Å². The summed E-state index contributed by atoms with van der Waals surface area (Å²) in [5.41, 5.74) is 0. The molecule has 0 spiro atoms. The average molecular weight is 374 g/mol. The van der Waals surface area contributed by atoms with Gasteiger partial charge in [-0.25, -0.2) is 0 Å². The number of fused-ring (bicyclic) bond motifs is 1. The van der Waals surface area contributed by atoms with E-state index in [1.807, 2.05) is 0 Å². The van der Waals surface area contributed by atoms with E-state index in [4.69, 9.17) is 4.55 Å². The molecule has 0 amide bonds. The number of hydrogen-bond acceptors (Lipinski definition) is 3. The first-order valence-electron chi connectivity index (χ1n) is 6.08. The number of rotatable bonds is 5. The van der Waals surface area contributed by atoms with Crippen LogP contribution in [0.15, 0.2) is 42.5 Å². The van der Waals surface area contributed by atoms with Crippen molar-refractivity contribution in [2.75, 3.05) is 0 Å². The molecule has 132 valence electrons. The van der Waals surface area contributed by atoms with Crippen LogP contribution in [0.5, 0.6) is 5.75 Å². The van der Waals surface area contributed by atoms with Gasteiger partial charge in [0.15, 0.2) is 0 Å². The lowest BCUT2D eigenvalue weighted by Crippen LogP contribution is -2.59. The van der Waals surface area contributed by atoms with Crippen molar-refractivity contribution < 1.29 is 44.0 Å². The predicted octanol–water partition coefficient (Wildman–Crippen LogP) is 3.93. The van der Waals surface area contributed by atoms with Crippen molar-refractivity contribution in [3.8, 4) is 5.75 Å². The van der Waals surface area contributed by atoms with Crippen LogP contribution >= 0.6 is 0 Å². The highest BCUT2D eigenvalue weighted by molar-refractivity contribution is 7.87. The van der Waals surface area contributed by atoms with Crippen molar-refractivity contribution in [2.24, 2.45) is 0 Å². The van der Waals surface area contributed by atoms with Crippen LogP contribution in [0.3, 0.4) is 0 Å². The summed E-state index contributed by atoms with van der Waals surface area (Å²) in [6.07, 6.45) is -5.92. The standard InChI is InChI=1S/C13H8F6O4S/c14-11(15,13(18,19)24(20,21)22)12(16,17)23-10-6-5-8-3-1-2-4-9(8)7-10/h1-7H,(H,20,21,22). The maximum atomic E-state index is 13.5. The van der Waals surface area contributed by atoms with Crippen LogP contribution in [0.2, 0.25) is 0 Å². The highest BCUT2D eigenvalue weighted by Crippen LogP contribution is 2.48. The minimum atomic E-state index is -6.81. The quantitative estimate of drug-likeness (QED) is 0.636. The van der Waals surface area contributed by atoms with Gasteiger partial charge in [-0.1, -0.05) is 30.3 Å². The van der Waals surface area contributed by atoms with Gasteiger partial charge in [-0.05, 0) is 22.9 Å². The molecule has 2 rings (SSSR count). The summed E-state index contributed by atoms with van der Waals surface area (Å²) in [6.45, 7) is 0. The fourth-order valence-corrected chi connectivity index (χ4v) is 2.22. The Kier molecular flexibility index (Phi) is 4.21. The lowest BCUT2D eigenvalue weighted by molar-refractivity contribution is -0.353. The lowest BCUT2D eigenvalue weighted by Gasteiger charge is -2.30. The zero-order valence-electron chi connectivity index (χ0n) is 11.4. The molecule has 24 heavy (non-hydrogen) atoms. The van der Waals surface area contributed by atoms with Crippen molar-refractivity contribution in [3.63, 3.8) is 0 Å². The summed E-state index contributed by atoms with van der Waals surface area (Å²) in [5, 5.41) is -5.64. The topological polar surface area (TPSA) is 63.6 Å². The largest absolute Gasteiger partial charge is 0.472 e. The molecule has 2 aromatic rings. The van der Waals surface area contributed by atoms with Gasteiger partial charge in [0.05, 0.1) is 0 Å². The fourth-order valence-electron chi connectivity index (χ4n) is 1.77. The normalized spacial score (nSPS) is 14.0. The Labute approximate surface area is 131 Å². The second kappa shape index (κ2) is 5.52. The SMILES string of the molecule is O=S(=O)(O)C(F)(F)C(F)(F)C(F)(F)Oc1ccc2ccccc2c1. The van der Waals surface area contributed by atoms with Crippen LogP contribution in [-0.4, -0.2) is 30.3 Å². The van der Waals surface area contributed by atoms with Crippen LogP contribution in [-0.2, 0) is 10.1 Å². The van der Waals surface area contributed by atoms with E-state index in [2.05, 4.69) is 4.74 Å². The Morgan fingerprint density at radius 1 is 0.875 bits per heavy atom.